The number of fused-ring (bicyclic) bond motifs is 2. The topological polar surface area (TPSA) is 92.5 Å². The molecule has 0 atom stereocenters. The van der Waals surface area contributed by atoms with Gasteiger partial charge in [0.05, 0.1) is 17.5 Å². The van der Waals surface area contributed by atoms with Gasteiger partial charge in [-0.1, -0.05) is 54.6 Å². The number of hydrogen-bond donors (Lipinski definition) is 0. The Morgan fingerprint density at radius 1 is 0.970 bits per heavy atom. The van der Waals surface area contributed by atoms with Crippen LogP contribution in [0.3, 0.4) is 0 Å². The summed E-state index contributed by atoms with van der Waals surface area (Å²) in [4.78, 5) is 35.1. The Morgan fingerprint density at radius 3 is 2.39 bits per heavy atom. The van der Waals surface area contributed by atoms with E-state index in [0.29, 0.717) is 16.9 Å². The fraction of sp³-hybridized carbons (Fsp3) is 0.0385. The molecule has 0 aliphatic carbocycles. The number of benzene rings is 2. The number of nitriles is 1. The summed E-state index contributed by atoms with van der Waals surface area (Å²) < 4.78 is 3.10. The molecule has 0 saturated carbocycles. The van der Waals surface area contributed by atoms with Crippen LogP contribution in [0.5, 0.6) is 0 Å². The van der Waals surface area contributed by atoms with Crippen molar-refractivity contribution < 1.29 is 4.79 Å². The summed E-state index contributed by atoms with van der Waals surface area (Å²) in [6.07, 6.45) is 1.63. The molecule has 1 amide bonds. The number of carbonyl (C=O) groups is 1. The smallest absolute Gasteiger partial charge is 0.278 e. The minimum absolute atomic E-state index is 0.123. The highest BCUT2D eigenvalue weighted by atomic mass is 16.1. The Labute approximate surface area is 188 Å². The molecule has 33 heavy (non-hydrogen) atoms. The van der Waals surface area contributed by atoms with Crippen molar-refractivity contribution in [3.8, 4) is 6.07 Å². The van der Waals surface area contributed by atoms with Crippen LogP contribution in [0.2, 0.25) is 0 Å². The van der Waals surface area contributed by atoms with E-state index < -0.39 is 5.91 Å². The third-order valence-corrected chi connectivity index (χ3v) is 5.32. The van der Waals surface area contributed by atoms with Crippen molar-refractivity contribution in [2.45, 2.75) is 6.54 Å². The summed E-state index contributed by atoms with van der Waals surface area (Å²) in [5.41, 5.74) is 2.12. The third-order valence-electron chi connectivity index (χ3n) is 5.32. The van der Waals surface area contributed by atoms with Crippen molar-refractivity contribution in [1.29, 1.82) is 5.26 Å². The second-order valence-corrected chi connectivity index (χ2v) is 7.43. The zero-order valence-corrected chi connectivity index (χ0v) is 17.4. The van der Waals surface area contributed by atoms with E-state index in [4.69, 9.17) is 4.98 Å². The Morgan fingerprint density at radius 2 is 1.67 bits per heavy atom. The normalized spacial score (nSPS) is 11.5. The maximum Gasteiger partial charge on any atom is 0.278 e. The Hall–Kier alpha value is -4.83. The van der Waals surface area contributed by atoms with Crippen molar-refractivity contribution in [3.05, 3.63) is 124 Å². The first-order valence-corrected chi connectivity index (χ1v) is 10.3. The van der Waals surface area contributed by atoms with Crippen molar-refractivity contribution in [1.82, 2.24) is 14.0 Å². The SMILES string of the molecule is N#Cc1cc2c(=O)n3ccccc3nc2n(Cc2ccccc2)c1=NC(=O)c1ccccc1. The van der Waals surface area contributed by atoms with E-state index >= 15 is 0 Å². The summed E-state index contributed by atoms with van der Waals surface area (Å²) >= 11 is 0. The largest absolute Gasteiger partial charge is 0.305 e. The lowest BCUT2D eigenvalue weighted by molar-refractivity contribution is 0.0997. The predicted molar refractivity (Wildman–Crippen MR) is 124 cm³/mol. The molecular formula is C26H17N5O2. The number of aromatic nitrogens is 3. The summed E-state index contributed by atoms with van der Waals surface area (Å²) in [5.74, 6) is -0.481. The van der Waals surface area contributed by atoms with Gasteiger partial charge in [0.2, 0.25) is 0 Å². The molecule has 0 N–H and O–H groups in total. The zero-order chi connectivity index (χ0) is 22.8. The summed E-state index contributed by atoms with van der Waals surface area (Å²) in [6, 6.07) is 27.0. The predicted octanol–water partition coefficient (Wildman–Crippen LogP) is 3.31. The molecule has 0 bridgehead atoms. The molecule has 0 saturated heterocycles. The third kappa shape index (κ3) is 3.70. The molecular weight excluding hydrogens is 414 g/mol. The van der Waals surface area contributed by atoms with Crippen molar-refractivity contribution in [3.63, 3.8) is 0 Å². The number of hydrogen-bond acceptors (Lipinski definition) is 4. The molecule has 3 heterocycles. The van der Waals surface area contributed by atoms with Gasteiger partial charge in [-0.05, 0) is 35.9 Å². The highest BCUT2D eigenvalue weighted by molar-refractivity contribution is 5.95. The minimum atomic E-state index is -0.481. The van der Waals surface area contributed by atoms with Crippen LogP contribution in [0.25, 0.3) is 16.7 Å². The quantitative estimate of drug-likeness (QED) is 0.410. The number of rotatable bonds is 3. The van der Waals surface area contributed by atoms with Crippen LogP contribution in [0.4, 0.5) is 0 Å². The highest BCUT2D eigenvalue weighted by Crippen LogP contribution is 2.13. The molecule has 7 nitrogen and oxygen atoms in total. The van der Waals surface area contributed by atoms with Crippen LogP contribution in [-0.2, 0) is 6.54 Å². The molecule has 7 heteroatoms. The van der Waals surface area contributed by atoms with Gasteiger partial charge in [0, 0.05) is 11.8 Å². The Kier molecular flexibility index (Phi) is 5.09. The Balaban J connectivity index is 1.88. The van der Waals surface area contributed by atoms with E-state index in [1.54, 1.807) is 53.2 Å². The van der Waals surface area contributed by atoms with Crippen LogP contribution < -0.4 is 11.0 Å². The van der Waals surface area contributed by atoms with Crippen LogP contribution in [0.1, 0.15) is 21.5 Å². The van der Waals surface area contributed by atoms with Crippen LogP contribution in [0.15, 0.2) is 101 Å². The van der Waals surface area contributed by atoms with Gasteiger partial charge in [0.1, 0.15) is 17.4 Å². The molecule has 0 aliphatic rings. The van der Waals surface area contributed by atoms with Gasteiger partial charge in [-0.3, -0.25) is 14.0 Å². The average Bonchev–Trinajstić information content (AvgIpc) is 2.87. The fourth-order valence-corrected chi connectivity index (χ4v) is 3.74. The van der Waals surface area contributed by atoms with E-state index in [0.717, 1.165) is 5.56 Å². The van der Waals surface area contributed by atoms with Gasteiger partial charge >= 0.3 is 0 Å². The molecule has 158 valence electrons. The van der Waals surface area contributed by atoms with Crippen LogP contribution in [0, 0.1) is 11.3 Å². The number of carbonyl (C=O) groups excluding carboxylic acids is 1. The van der Waals surface area contributed by atoms with Gasteiger partial charge in [-0.25, -0.2) is 4.98 Å². The first-order chi connectivity index (χ1) is 16.2. The standard InChI is InChI=1S/C26H17N5O2/c27-16-20-15-21-24(28-22-13-7-8-14-30(22)26(21)33)31(17-18-9-3-1-4-10-18)23(20)29-25(32)19-11-5-2-6-12-19/h1-15H,17H2. The minimum Gasteiger partial charge on any atom is -0.305 e. The first-order valence-electron chi connectivity index (χ1n) is 10.3. The van der Waals surface area contributed by atoms with E-state index in [1.807, 2.05) is 36.4 Å². The fourth-order valence-electron chi connectivity index (χ4n) is 3.74. The summed E-state index contributed by atoms with van der Waals surface area (Å²) in [7, 11) is 0. The van der Waals surface area contributed by atoms with Gasteiger partial charge in [-0.15, -0.1) is 0 Å². The molecule has 5 rings (SSSR count). The maximum absolute atomic E-state index is 13.2. The molecule has 0 fully saturated rings. The molecule has 0 radical (unpaired) electrons. The number of pyridine rings is 2. The lowest BCUT2D eigenvalue weighted by Gasteiger charge is -2.13. The van der Waals surface area contributed by atoms with E-state index in [9.17, 15) is 14.9 Å². The molecule has 2 aromatic carbocycles. The van der Waals surface area contributed by atoms with Gasteiger partial charge in [0.15, 0.2) is 5.49 Å². The van der Waals surface area contributed by atoms with Gasteiger partial charge < -0.3 is 4.57 Å². The maximum atomic E-state index is 13.2. The van der Waals surface area contributed by atoms with Gasteiger partial charge in [0.25, 0.3) is 11.5 Å². The van der Waals surface area contributed by atoms with Crippen LogP contribution in [-0.4, -0.2) is 19.9 Å². The molecule has 0 unspecified atom stereocenters. The first kappa shape index (κ1) is 20.1. The Bertz CT molecular complexity index is 1680. The lowest BCUT2D eigenvalue weighted by Crippen LogP contribution is -2.30. The highest BCUT2D eigenvalue weighted by Gasteiger charge is 2.15. The zero-order valence-electron chi connectivity index (χ0n) is 17.4. The lowest BCUT2D eigenvalue weighted by atomic mass is 10.2. The second-order valence-electron chi connectivity index (χ2n) is 7.43. The van der Waals surface area contributed by atoms with E-state index in [-0.39, 0.29) is 28.5 Å². The average molecular weight is 431 g/mol. The van der Waals surface area contributed by atoms with E-state index in [1.165, 1.54) is 10.5 Å². The number of nitrogens with zero attached hydrogens (tertiary/aromatic N) is 5. The monoisotopic (exact) mass is 431 g/mol. The van der Waals surface area contributed by atoms with Crippen LogP contribution >= 0.6 is 0 Å². The second kappa shape index (κ2) is 8.36. The van der Waals surface area contributed by atoms with Gasteiger partial charge in [-0.2, -0.15) is 10.3 Å². The van der Waals surface area contributed by atoms with E-state index in [2.05, 4.69) is 11.1 Å². The summed E-state index contributed by atoms with van der Waals surface area (Å²) in [5, 5.41) is 10.2. The molecule has 5 aromatic rings. The molecule has 3 aromatic heterocycles. The van der Waals surface area contributed by atoms with Crippen molar-refractivity contribution >= 4 is 22.6 Å². The van der Waals surface area contributed by atoms with Crippen molar-refractivity contribution in [2.24, 2.45) is 4.99 Å². The summed E-state index contributed by atoms with van der Waals surface area (Å²) in [6.45, 7) is 0.281. The van der Waals surface area contributed by atoms with Crippen molar-refractivity contribution in [2.75, 3.05) is 0 Å². The number of amides is 1. The molecule has 0 spiro atoms. The molecule has 0 aliphatic heterocycles.